The molecule has 0 N–H and O–H groups in total. The van der Waals surface area contributed by atoms with Gasteiger partial charge < -0.3 is 9.15 Å². The van der Waals surface area contributed by atoms with Crippen LogP contribution in [0.1, 0.15) is 18.2 Å². The zero-order valence-electron chi connectivity index (χ0n) is 14.8. The van der Waals surface area contributed by atoms with Gasteiger partial charge in [0.25, 0.3) is 11.1 Å². The first-order valence-electron chi connectivity index (χ1n) is 8.03. The van der Waals surface area contributed by atoms with Crippen molar-refractivity contribution in [1.82, 2.24) is 4.90 Å². The van der Waals surface area contributed by atoms with Crippen LogP contribution in [0.5, 0.6) is 0 Å². The Bertz CT molecular complexity index is 965. The minimum atomic E-state index is -0.991. The van der Waals surface area contributed by atoms with Crippen molar-refractivity contribution in [3.63, 3.8) is 0 Å². The summed E-state index contributed by atoms with van der Waals surface area (Å²) in [6.07, 6.45) is 1.48. The molecule has 8 heteroatoms. The molecule has 1 aromatic carbocycles. The maximum absolute atomic E-state index is 12.5. The first-order chi connectivity index (χ1) is 12.8. The molecule has 1 unspecified atom stereocenters. The van der Waals surface area contributed by atoms with Crippen molar-refractivity contribution in [2.45, 2.75) is 19.9 Å². The smallest absolute Gasteiger partial charge is 0.328 e. The number of thioether (sulfide) groups is 1. The molecule has 3 rings (SSSR count). The number of methoxy groups -OCH3 is 1. The van der Waals surface area contributed by atoms with E-state index in [1.165, 1.54) is 20.1 Å². The molecule has 1 saturated heterocycles. The van der Waals surface area contributed by atoms with Gasteiger partial charge in [-0.1, -0.05) is 17.7 Å². The maximum Gasteiger partial charge on any atom is 0.328 e. The van der Waals surface area contributed by atoms with E-state index in [4.69, 9.17) is 16.0 Å². The second kappa shape index (κ2) is 7.62. The Morgan fingerprint density at radius 1 is 1.30 bits per heavy atom. The number of carbonyl (C=O) groups is 3. The molecule has 0 radical (unpaired) electrons. The van der Waals surface area contributed by atoms with Crippen LogP contribution in [-0.4, -0.2) is 35.2 Å². The lowest BCUT2D eigenvalue weighted by Gasteiger charge is -2.18. The lowest BCUT2D eigenvalue weighted by atomic mass is 10.1. The Balaban J connectivity index is 1.87. The number of esters is 1. The van der Waals surface area contributed by atoms with Crippen molar-refractivity contribution in [3.05, 3.63) is 51.6 Å². The highest BCUT2D eigenvalue weighted by atomic mass is 35.5. The number of nitrogens with zero attached hydrogens (tertiary/aromatic N) is 1. The number of amides is 2. The number of hydrogen-bond acceptors (Lipinski definition) is 6. The molecule has 0 saturated carbocycles. The van der Waals surface area contributed by atoms with Crippen LogP contribution >= 0.6 is 23.4 Å². The average molecular weight is 406 g/mol. The third-order valence-electron chi connectivity index (χ3n) is 4.12. The summed E-state index contributed by atoms with van der Waals surface area (Å²) in [4.78, 5) is 37.3. The van der Waals surface area contributed by atoms with E-state index < -0.39 is 23.2 Å². The molecular formula is C19H16ClNO5S. The van der Waals surface area contributed by atoms with Crippen molar-refractivity contribution in [3.8, 4) is 11.3 Å². The number of furan rings is 1. The number of ether oxygens (including phenoxy) is 1. The van der Waals surface area contributed by atoms with E-state index in [-0.39, 0.29) is 4.91 Å². The zero-order chi connectivity index (χ0) is 19.7. The highest BCUT2D eigenvalue weighted by Gasteiger charge is 2.41. The number of benzene rings is 1. The van der Waals surface area contributed by atoms with Crippen molar-refractivity contribution in [1.29, 1.82) is 0 Å². The number of carbonyl (C=O) groups excluding carboxylic acids is 3. The van der Waals surface area contributed by atoms with Gasteiger partial charge in [-0.3, -0.25) is 14.5 Å². The van der Waals surface area contributed by atoms with Crippen LogP contribution in [0.4, 0.5) is 4.79 Å². The summed E-state index contributed by atoms with van der Waals surface area (Å²) in [5.74, 6) is -0.195. The van der Waals surface area contributed by atoms with Crippen LogP contribution in [0.3, 0.4) is 0 Å². The highest BCUT2D eigenvalue weighted by molar-refractivity contribution is 8.18. The monoisotopic (exact) mass is 405 g/mol. The van der Waals surface area contributed by atoms with E-state index in [1.54, 1.807) is 24.3 Å². The predicted molar refractivity (Wildman–Crippen MR) is 103 cm³/mol. The van der Waals surface area contributed by atoms with Crippen LogP contribution in [0, 0.1) is 6.92 Å². The number of rotatable bonds is 4. The van der Waals surface area contributed by atoms with Gasteiger partial charge in [0.2, 0.25) is 0 Å². The number of imide groups is 1. The number of halogens is 1. The van der Waals surface area contributed by atoms with E-state index in [9.17, 15) is 14.4 Å². The summed E-state index contributed by atoms with van der Waals surface area (Å²) in [5, 5.41) is 0.0630. The Labute approximate surface area is 165 Å². The predicted octanol–water partition coefficient (Wildman–Crippen LogP) is 4.51. The molecule has 0 spiro atoms. The van der Waals surface area contributed by atoms with Gasteiger partial charge in [-0.15, -0.1) is 0 Å². The van der Waals surface area contributed by atoms with E-state index in [0.717, 1.165) is 27.8 Å². The molecule has 0 bridgehead atoms. The van der Waals surface area contributed by atoms with Crippen LogP contribution in [0.15, 0.2) is 39.7 Å². The topological polar surface area (TPSA) is 76.8 Å². The molecule has 1 aliphatic rings. The van der Waals surface area contributed by atoms with E-state index in [2.05, 4.69) is 4.74 Å². The molecular weight excluding hydrogens is 390 g/mol. The van der Waals surface area contributed by atoms with Gasteiger partial charge in [0.05, 0.1) is 12.0 Å². The second-order valence-electron chi connectivity index (χ2n) is 5.91. The molecule has 1 aromatic heterocycles. The first-order valence-corrected chi connectivity index (χ1v) is 9.22. The van der Waals surface area contributed by atoms with Gasteiger partial charge >= 0.3 is 5.97 Å². The molecule has 27 heavy (non-hydrogen) atoms. The normalized spacial score (nSPS) is 16.9. The molecule has 140 valence electrons. The Kier molecular flexibility index (Phi) is 5.43. The van der Waals surface area contributed by atoms with Crippen molar-refractivity contribution in [2.75, 3.05) is 7.11 Å². The first kappa shape index (κ1) is 19.3. The summed E-state index contributed by atoms with van der Waals surface area (Å²) in [7, 11) is 1.20. The van der Waals surface area contributed by atoms with Gasteiger partial charge in [0.1, 0.15) is 17.6 Å². The third kappa shape index (κ3) is 3.79. The number of hydrogen-bond donors (Lipinski definition) is 0. The van der Waals surface area contributed by atoms with Gasteiger partial charge in [0, 0.05) is 16.7 Å². The minimum absolute atomic E-state index is 0.180. The van der Waals surface area contributed by atoms with Crippen molar-refractivity contribution < 1.29 is 23.5 Å². The van der Waals surface area contributed by atoms with Crippen molar-refractivity contribution >= 4 is 46.6 Å². The van der Waals surface area contributed by atoms with Crippen LogP contribution in [0.2, 0.25) is 5.02 Å². The highest BCUT2D eigenvalue weighted by Crippen LogP contribution is 2.35. The summed E-state index contributed by atoms with van der Waals surface area (Å²) in [5.41, 5.74) is 1.84. The van der Waals surface area contributed by atoms with Gasteiger partial charge in [-0.25, -0.2) is 4.79 Å². The fourth-order valence-electron chi connectivity index (χ4n) is 2.65. The third-order valence-corrected chi connectivity index (χ3v) is 5.24. The summed E-state index contributed by atoms with van der Waals surface area (Å²) in [6.45, 7) is 3.38. The zero-order valence-corrected chi connectivity index (χ0v) is 16.4. The van der Waals surface area contributed by atoms with Gasteiger partial charge in [0.15, 0.2) is 0 Å². The second-order valence-corrected chi connectivity index (χ2v) is 7.34. The molecule has 1 fully saturated rings. The van der Waals surface area contributed by atoms with Crippen molar-refractivity contribution in [2.24, 2.45) is 0 Å². The molecule has 2 heterocycles. The quantitative estimate of drug-likeness (QED) is 0.550. The SMILES string of the molecule is COC(=O)C(C)N1C(=O)SC(=Cc2ccc(-c3cc(Cl)ccc3C)o2)C1=O. The van der Waals surface area contributed by atoms with E-state index in [1.807, 2.05) is 13.0 Å². The summed E-state index contributed by atoms with van der Waals surface area (Å²) < 4.78 is 10.4. The Hall–Kier alpha value is -2.51. The van der Waals surface area contributed by atoms with Gasteiger partial charge in [-0.2, -0.15) is 0 Å². The maximum atomic E-state index is 12.5. The fourth-order valence-corrected chi connectivity index (χ4v) is 3.71. The molecule has 2 amide bonds. The van der Waals surface area contributed by atoms with Crippen LogP contribution in [0.25, 0.3) is 17.4 Å². The molecule has 1 atom stereocenters. The average Bonchev–Trinajstić information content (AvgIpc) is 3.20. The fraction of sp³-hybridized carbons (Fsp3) is 0.211. The Morgan fingerprint density at radius 3 is 2.74 bits per heavy atom. The molecule has 2 aromatic rings. The Morgan fingerprint density at radius 2 is 2.04 bits per heavy atom. The summed E-state index contributed by atoms with van der Waals surface area (Å²) in [6, 6.07) is 7.96. The minimum Gasteiger partial charge on any atom is -0.467 e. The largest absolute Gasteiger partial charge is 0.467 e. The molecule has 6 nitrogen and oxygen atoms in total. The summed E-state index contributed by atoms with van der Waals surface area (Å²) >= 11 is 6.80. The van der Waals surface area contributed by atoms with E-state index >= 15 is 0 Å². The van der Waals surface area contributed by atoms with E-state index in [0.29, 0.717) is 16.5 Å². The lowest BCUT2D eigenvalue weighted by molar-refractivity contribution is -0.148. The van der Waals surface area contributed by atoms with Crippen LogP contribution < -0.4 is 0 Å². The number of aryl methyl sites for hydroxylation is 1. The molecule has 1 aliphatic heterocycles. The lowest BCUT2D eigenvalue weighted by Crippen LogP contribution is -2.42. The molecule has 0 aliphatic carbocycles. The van der Waals surface area contributed by atoms with Crippen LogP contribution in [-0.2, 0) is 14.3 Å². The van der Waals surface area contributed by atoms with Gasteiger partial charge in [-0.05, 0) is 55.4 Å². The standard InChI is InChI=1S/C19H16ClNO5S/c1-10-4-5-12(20)8-14(10)15-7-6-13(26-15)9-16-17(22)21(19(24)27-16)11(2)18(23)25-3/h4-9,11H,1-3H3.